The Labute approximate surface area is 346 Å². The van der Waals surface area contributed by atoms with Crippen molar-refractivity contribution in [3.63, 3.8) is 0 Å². The molecule has 0 amide bonds. The minimum atomic E-state index is -1.25. The molecule has 0 spiro atoms. The van der Waals surface area contributed by atoms with Gasteiger partial charge < -0.3 is 35.3 Å². The molecule has 7 heterocycles. The highest BCUT2D eigenvalue weighted by Crippen LogP contribution is 2.30. The molecule has 2 unspecified atom stereocenters. The molecule has 1 aliphatic rings. The average Bonchev–Trinajstić information content (AvgIpc) is 3.77. The van der Waals surface area contributed by atoms with E-state index in [0.717, 1.165) is 41.6 Å². The molecule has 7 aromatic rings. The fraction of sp³-hybridized carbons (Fsp3) is 0.333. The van der Waals surface area contributed by atoms with Crippen LogP contribution in [0, 0.1) is 0 Å². The number of hydrogen-bond acceptors (Lipinski definition) is 13. The number of rotatable bonds is 13. The number of pyridine rings is 4. The van der Waals surface area contributed by atoms with Crippen LogP contribution in [0.25, 0.3) is 44.3 Å². The first kappa shape index (κ1) is 40.4. The van der Waals surface area contributed by atoms with Crippen LogP contribution in [0.4, 0.5) is 11.6 Å². The van der Waals surface area contributed by atoms with E-state index in [2.05, 4.69) is 35.9 Å². The number of anilines is 2. The molecule has 60 heavy (non-hydrogen) atoms. The fourth-order valence-electron chi connectivity index (χ4n) is 7.55. The van der Waals surface area contributed by atoms with Gasteiger partial charge in [0.1, 0.15) is 33.6 Å². The molecule has 8 rings (SSSR count). The molecule has 1 fully saturated rings. The lowest BCUT2D eigenvalue weighted by Crippen LogP contribution is -2.30. The lowest BCUT2D eigenvalue weighted by Gasteiger charge is -2.23. The summed E-state index contributed by atoms with van der Waals surface area (Å²) in [4.78, 5) is 54.1. The predicted octanol–water partition coefficient (Wildman–Crippen LogP) is 4.59. The van der Waals surface area contributed by atoms with E-state index in [0.29, 0.717) is 88.2 Å². The Morgan fingerprint density at radius 2 is 1.28 bits per heavy atom. The summed E-state index contributed by atoms with van der Waals surface area (Å²) in [6.45, 7) is 7.24. The van der Waals surface area contributed by atoms with Crippen LogP contribution < -0.4 is 27.1 Å². The summed E-state index contributed by atoms with van der Waals surface area (Å²) in [7, 11) is 3.34. The van der Waals surface area contributed by atoms with Crippen LogP contribution in [-0.2, 0) is 38.1 Å². The summed E-state index contributed by atoms with van der Waals surface area (Å²) in [5, 5.41) is 33.1. The molecule has 2 atom stereocenters. The number of benzene rings is 1. The van der Waals surface area contributed by atoms with Crippen molar-refractivity contribution in [3.8, 4) is 22.5 Å². The van der Waals surface area contributed by atoms with Crippen molar-refractivity contribution in [1.29, 1.82) is 0 Å². The second-order valence-electron chi connectivity index (χ2n) is 16.4. The van der Waals surface area contributed by atoms with Gasteiger partial charge in [0.05, 0.1) is 46.5 Å². The van der Waals surface area contributed by atoms with Crippen LogP contribution in [0.1, 0.15) is 56.1 Å². The Bertz CT molecular complexity index is 2790. The van der Waals surface area contributed by atoms with E-state index in [-0.39, 0.29) is 11.1 Å². The predicted molar refractivity (Wildman–Crippen MR) is 233 cm³/mol. The molecule has 0 saturated carbocycles. The van der Waals surface area contributed by atoms with Gasteiger partial charge in [0.15, 0.2) is 0 Å². The molecule has 0 aliphatic carbocycles. The largest absolute Gasteiger partial charge is 0.384 e. The number of aryl methyl sites for hydroxylation is 2. The number of nitrogens with one attached hydrogen (secondary N) is 3. The van der Waals surface area contributed by atoms with Gasteiger partial charge in [0.25, 0.3) is 11.1 Å². The molecular formula is C45H49N11O4. The van der Waals surface area contributed by atoms with Crippen LogP contribution in [0.15, 0.2) is 95.3 Å². The highest BCUT2D eigenvalue weighted by molar-refractivity contribution is 5.92. The molecule has 1 aliphatic heterocycles. The highest BCUT2D eigenvalue weighted by atomic mass is 16.3. The second-order valence-corrected chi connectivity index (χ2v) is 16.4. The van der Waals surface area contributed by atoms with Crippen molar-refractivity contribution in [2.75, 3.05) is 30.3 Å². The number of hydrogen-bond donors (Lipinski definition) is 5. The Hall–Kier alpha value is -6.42. The van der Waals surface area contributed by atoms with Crippen molar-refractivity contribution >= 4 is 33.4 Å². The van der Waals surface area contributed by atoms with Gasteiger partial charge in [-0.2, -0.15) is 0 Å². The Morgan fingerprint density at radius 3 is 1.80 bits per heavy atom. The van der Waals surface area contributed by atoms with Crippen molar-refractivity contribution in [2.24, 2.45) is 14.1 Å². The third kappa shape index (κ3) is 8.50. The van der Waals surface area contributed by atoms with Gasteiger partial charge >= 0.3 is 0 Å². The van der Waals surface area contributed by atoms with Crippen LogP contribution >= 0.6 is 0 Å². The zero-order valence-corrected chi connectivity index (χ0v) is 34.4. The van der Waals surface area contributed by atoms with Crippen molar-refractivity contribution in [1.82, 2.24) is 44.4 Å². The number of nitrogens with zero attached hydrogens (tertiary/aromatic N) is 8. The average molecular weight is 808 g/mol. The molecule has 308 valence electrons. The van der Waals surface area contributed by atoms with Crippen molar-refractivity contribution < 1.29 is 10.2 Å². The smallest absolute Gasteiger partial charge is 0.264 e. The van der Waals surface area contributed by atoms with Crippen molar-refractivity contribution in [2.45, 2.75) is 63.7 Å². The van der Waals surface area contributed by atoms with E-state index in [1.807, 2.05) is 42.5 Å². The molecule has 0 bridgehead atoms. The lowest BCUT2D eigenvalue weighted by atomic mass is 9.92. The summed E-state index contributed by atoms with van der Waals surface area (Å²) in [5.74, 6) is 0.924. The Morgan fingerprint density at radius 1 is 0.733 bits per heavy atom. The Kier molecular flexibility index (Phi) is 11.0. The van der Waals surface area contributed by atoms with E-state index in [4.69, 9.17) is 9.97 Å². The molecular weight excluding hydrogens is 759 g/mol. The van der Waals surface area contributed by atoms with Gasteiger partial charge in [-0.1, -0.05) is 24.3 Å². The fourth-order valence-corrected chi connectivity index (χ4v) is 7.55. The maximum atomic E-state index is 13.2. The summed E-state index contributed by atoms with van der Waals surface area (Å²) < 4.78 is 2.89. The summed E-state index contributed by atoms with van der Waals surface area (Å²) in [6, 6.07) is 19.2. The molecule has 5 N–H and O–H groups in total. The molecule has 0 radical (unpaired) electrons. The van der Waals surface area contributed by atoms with Gasteiger partial charge in [0, 0.05) is 63.2 Å². The maximum absolute atomic E-state index is 13.2. The van der Waals surface area contributed by atoms with Gasteiger partial charge in [-0.05, 0) is 94.1 Å². The molecule has 15 heteroatoms. The Balaban J connectivity index is 0.943. The van der Waals surface area contributed by atoms with Crippen molar-refractivity contribution in [3.05, 3.63) is 129 Å². The summed E-state index contributed by atoms with van der Waals surface area (Å²) in [5.41, 5.74) is 4.12. The van der Waals surface area contributed by atoms with Gasteiger partial charge in [-0.25, -0.2) is 19.9 Å². The SMILES string of the molecule is Cn1cnc2cc(-c3ccc(C(C)(C)O)nc3)nc(NCCc3ccc(CC(C)(O)c4ccc(-c5cc6ncn(C)c(=O)c6c(NCC6CCCN6)n5)cn4)cc3)c2c1=O. The van der Waals surface area contributed by atoms with Crippen LogP contribution in [0.3, 0.4) is 0 Å². The molecule has 1 saturated heterocycles. The normalized spacial score (nSPS) is 15.3. The molecule has 1 aromatic carbocycles. The third-order valence-corrected chi connectivity index (χ3v) is 11.1. The van der Waals surface area contributed by atoms with Crippen LogP contribution in [-0.4, -0.2) is 74.9 Å². The minimum absolute atomic E-state index is 0.168. The van der Waals surface area contributed by atoms with Gasteiger partial charge in [-0.3, -0.25) is 19.6 Å². The van der Waals surface area contributed by atoms with Crippen LogP contribution in [0.2, 0.25) is 0 Å². The van der Waals surface area contributed by atoms with Crippen LogP contribution in [0.5, 0.6) is 0 Å². The first-order valence-electron chi connectivity index (χ1n) is 20.1. The van der Waals surface area contributed by atoms with E-state index < -0.39 is 11.2 Å². The van der Waals surface area contributed by atoms with E-state index in [9.17, 15) is 19.8 Å². The highest BCUT2D eigenvalue weighted by Gasteiger charge is 2.26. The minimum Gasteiger partial charge on any atom is -0.384 e. The first-order chi connectivity index (χ1) is 28.7. The molecule has 15 nitrogen and oxygen atoms in total. The van der Waals surface area contributed by atoms with E-state index in [1.165, 1.54) is 21.8 Å². The summed E-state index contributed by atoms with van der Waals surface area (Å²) >= 11 is 0. The number of fused-ring (bicyclic) bond motifs is 2. The monoisotopic (exact) mass is 807 g/mol. The standard InChI is InChI=1S/C45H49N11O4/c1-44(2,59)36-14-12-29(22-48-36)32-19-34-38(42(57)55(4)25-51-34)40(53-32)47-18-16-27-8-10-28(11-9-27)21-45(3,60)37-15-13-30(23-49-37)33-20-35-39(43(58)56(5)26-52-35)41(54-33)50-24-31-7-6-17-46-31/h8-15,19-20,22-23,25-26,31,46,59-60H,6-7,16-18,21,24H2,1-5H3,(H,47,53)(H,50,54). The quantitative estimate of drug-likeness (QED) is 0.109. The first-order valence-corrected chi connectivity index (χ1v) is 20.1. The van der Waals surface area contributed by atoms with Gasteiger partial charge in [-0.15, -0.1) is 0 Å². The number of aromatic nitrogens is 8. The second kappa shape index (κ2) is 16.3. The topological polar surface area (TPSA) is 198 Å². The zero-order valence-electron chi connectivity index (χ0n) is 34.4. The zero-order chi connectivity index (χ0) is 42.2. The van der Waals surface area contributed by atoms with E-state index in [1.54, 1.807) is 65.5 Å². The lowest BCUT2D eigenvalue weighted by molar-refractivity contribution is 0.0530. The van der Waals surface area contributed by atoms with E-state index >= 15 is 0 Å². The maximum Gasteiger partial charge on any atom is 0.264 e. The van der Waals surface area contributed by atoms with Gasteiger partial charge in [0.2, 0.25) is 0 Å². The number of aliphatic hydroxyl groups is 2. The summed E-state index contributed by atoms with van der Waals surface area (Å²) in [6.07, 6.45) is 9.53. The third-order valence-electron chi connectivity index (χ3n) is 11.1. The molecule has 6 aromatic heterocycles.